The van der Waals surface area contributed by atoms with Gasteiger partial charge in [0.15, 0.2) is 0 Å². The first kappa shape index (κ1) is 15.9. The van der Waals surface area contributed by atoms with Crippen LogP contribution in [0.4, 0.5) is 0 Å². The van der Waals surface area contributed by atoms with Crippen LogP contribution in [0.15, 0.2) is 12.7 Å². The minimum Gasteiger partial charge on any atom is -0.300 e. The molecule has 0 aliphatic carbocycles. The molecule has 0 spiro atoms. The molecule has 0 amide bonds. The Hall–Kier alpha value is -1.10. The van der Waals surface area contributed by atoms with Crippen molar-refractivity contribution in [3.63, 3.8) is 0 Å². The molecule has 1 atom stereocenters. The Kier molecular flexibility index (Phi) is 10.7. The molecule has 0 aromatic carbocycles. The number of nitriles is 1. The standard InChI is InChI=1S/C15H25NO/c1-3-5-6-7-8-9-11-15(17)12-14(13-16)10-4-2/h4,14H,2-3,5-12H2,1H3. The van der Waals surface area contributed by atoms with Crippen molar-refractivity contribution in [3.8, 4) is 6.07 Å². The van der Waals surface area contributed by atoms with E-state index in [1.54, 1.807) is 6.08 Å². The largest absolute Gasteiger partial charge is 0.300 e. The van der Waals surface area contributed by atoms with Gasteiger partial charge in [-0.3, -0.25) is 4.79 Å². The highest BCUT2D eigenvalue weighted by Crippen LogP contribution is 2.13. The van der Waals surface area contributed by atoms with Crippen LogP contribution in [0.25, 0.3) is 0 Å². The minimum atomic E-state index is -0.167. The van der Waals surface area contributed by atoms with Crippen LogP contribution in [0.3, 0.4) is 0 Å². The van der Waals surface area contributed by atoms with Gasteiger partial charge < -0.3 is 0 Å². The molecule has 0 aliphatic heterocycles. The Morgan fingerprint density at radius 3 is 2.53 bits per heavy atom. The average Bonchev–Trinajstić information content (AvgIpc) is 2.33. The van der Waals surface area contributed by atoms with Crippen molar-refractivity contribution in [3.05, 3.63) is 12.7 Å². The van der Waals surface area contributed by atoms with Crippen molar-refractivity contribution in [1.82, 2.24) is 0 Å². The molecule has 0 aliphatic rings. The average molecular weight is 235 g/mol. The van der Waals surface area contributed by atoms with Crippen molar-refractivity contribution in [1.29, 1.82) is 5.26 Å². The van der Waals surface area contributed by atoms with Crippen LogP contribution in [0.2, 0.25) is 0 Å². The summed E-state index contributed by atoms with van der Waals surface area (Å²) in [4.78, 5) is 11.6. The number of carbonyl (C=O) groups excluding carboxylic acids is 1. The van der Waals surface area contributed by atoms with Crippen LogP contribution in [0, 0.1) is 17.2 Å². The highest BCUT2D eigenvalue weighted by atomic mass is 16.1. The smallest absolute Gasteiger partial charge is 0.134 e. The van der Waals surface area contributed by atoms with E-state index in [1.807, 2.05) is 0 Å². The zero-order valence-electron chi connectivity index (χ0n) is 11.1. The molecule has 0 saturated heterocycles. The van der Waals surface area contributed by atoms with Crippen molar-refractivity contribution >= 4 is 5.78 Å². The van der Waals surface area contributed by atoms with Gasteiger partial charge in [0.1, 0.15) is 5.78 Å². The summed E-state index contributed by atoms with van der Waals surface area (Å²) in [5, 5.41) is 8.82. The summed E-state index contributed by atoms with van der Waals surface area (Å²) in [7, 11) is 0. The van der Waals surface area contributed by atoms with Crippen LogP contribution in [-0.2, 0) is 4.79 Å². The van der Waals surface area contributed by atoms with Gasteiger partial charge in [-0.1, -0.05) is 45.1 Å². The van der Waals surface area contributed by atoms with Crippen LogP contribution in [0.1, 0.15) is 64.7 Å². The lowest BCUT2D eigenvalue weighted by atomic mass is 9.97. The van der Waals surface area contributed by atoms with Crippen molar-refractivity contribution in [2.45, 2.75) is 64.7 Å². The first-order valence-corrected chi connectivity index (χ1v) is 6.76. The molecular weight excluding hydrogens is 210 g/mol. The van der Waals surface area contributed by atoms with Crippen LogP contribution >= 0.6 is 0 Å². The summed E-state index contributed by atoms with van der Waals surface area (Å²) in [6.45, 7) is 5.80. The number of hydrogen-bond donors (Lipinski definition) is 0. The Labute approximate surface area is 106 Å². The number of ketones is 1. The SMILES string of the molecule is C=CCC(C#N)CC(=O)CCCCCCCC. The topological polar surface area (TPSA) is 40.9 Å². The normalized spacial score (nSPS) is 11.8. The second-order valence-electron chi connectivity index (χ2n) is 4.61. The Morgan fingerprint density at radius 2 is 1.94 bits per heavy atom. The molecule has 0 aromatic rings. The molecule has 0 aromatic heterocycles. The van der Waals surface area contributed by atoms with Crippen molar-refractivity contribution in [2.24, 2.45) is 5.92 Å². The number of carbonyl (C=O) groups is 1. The minimum absolute atomic E-state index is 0.167. The zero-order valence-corrected chi connectivity index (χ0v) is 11.1. The first-order valence-electron chi connectivity index (χ1n) is 6.76. The third kappa shape index (κ3) is 9.81. The molecule has 0 radical (unpaired) electrons. The van der Waals surface area contributed by atoms with Crippen molar-refractivity contribution < 1.29 is 4.79 Å². The predicted octanol–water partition coefficient (Wildman–Crippen LogP) is 4.41. The first-order chi connectivity index (χ1) is 8.24. The van der Waals surface area contributed by atoms with E-state index in [-0.39, 0.29) is 11.7 Å². The maximum atomic E-state index is 11.6. The van der Waals surface area contributed by atoms with E-state index in [4.69, 9.17) is 5.26 Å². The number of allylic oxidation sites excluding steroid dienone is 1. The van der Waals surface area contributed by atoms with Gasteiger partial charge >= 0.3 is 0 Å². The molecule has 0 N–H and O–H groups in total. The summed E-state index contributed by atoms with van der Waals surface area (Å²) >= 11 is 0. The van der Waals surface area contributed by atoms with Gasteiger partial charge in [0.2, 0.25) is 0 Å². The van der Waals surface area contributed by atoms with Crippen LogP contribution in [-0.4, -0.2) is 5.78 Å². The molecule has 0 heterocycles. The van der Waals surface area contributed by atoms with Gasteiger partial charge in [-0.05, 0) is 12.8 Å². The fourth-order valence-electron chi connectivity index (χ4n) is 1.86. The molecule has 17 heavy (non-hydrogen) atoms. The lowest BCUT2D eigenvalue weighted by Crippen LogP contribution is -2.06. The lowest BCUT2D eigenvalue weighted by molar-refractivity contribution is -0.119. The number of unbranched alkanes of at least 4 members (excludes halogenated alkanes) is 5. The van der Waals surface area contributed by atoms with E-state index in [2.05, 4.69) is 19.6 Å². The van der Waals surface area contributed by atoms with Crippen LogP contribution in [0.5, 0.6) is 0 Å². The maximum absolute atomic E-state index is 11.6. The molecule has 0 fully saturated rings. The summed E-state index contributed by atoms with van der Waals surface area (Å²) in [6, 6.07) is 2.16. The number of hydrogen-bond acceptors (Lipinski definition) is 2. The third-order valence-corrected chi connectivity index (χ3v) is 2.92. The molecule has 0 bridgehead atoms. The molecule has 0 rings (SSSR count). The Morgan fingerprint density at radius 1 is 1.29 bits per heavy atom. The molecule has 96 valence electrons. The molecule has 2 nitrogen and oxygen atoms in total. The zero-order chi connectivity index (χ0) is 12.9. The summed E-state index contributed by atoms with van der Waals surface area (Å²) in [6.07, 6.45) is 10.6. The monoisotopic (exact) mass is 235 g/mol. The van der Waals surface area contributed by atoms with E-state index >= 15 is 0 Å². The van der Waals surface area contributed by atoms with E-state index < -0.39 is 0 Å². The molecule has 0 saturated carbocycles. The number of Topliss-reactive ketones (excluding diaryl/α,β-unsaturated/α-hetero) is 1. The molecule has 2 heteroatoms. The van der Waals surface area contributed by atoms with E-state index in [9.17, 15) is 4.79 Å². The second-order valence-corrected chi connectivity index (χ2v) is 4.61. The fourth-order valence-corrected chi connectivity index (χ4v) is 1.86. The van der Waals surface area contributed by atoms with E-state index in [0.717, 1.165) is 12.8 Å². The quantitative estimate of drug-likeness (QED) is 0.393. The molecular formula is C15H25NO. The predicted molar refractivity (Wildman–Crippen MR) is 71.5 cm³/mol. The lowest BCUT2D eigenvalue weighted by Gasteiger charge is -2.05. The van der Waals surface area contributed by atoms with Gasteiger partial charge in [-0.15, -0.1) is 6.58 Å². The van der Waals surface area contributed by atoms with E-state index in [0.29, 0.717) is 19.3 Å². The second kappa shape index (κ2) is 11.4. The summed E-state index contributed by atoms with van der Waals surface area (Å²) < 4.78 is 0. The van der Waals surface area contributed by atoms with Gasteiger partial charge in [0.05, 0.1) is 12.0 Å². The third-order valence-electron chi connectivity index (χ3n) is 2.92. The van der Waals surface area contributed by atoms with Gasteiger partial charge in [0.25, 0.3) is 0 Å². The maximum Gasteiger partial charge on any atom is 0.134 e. The fraction of sp³-hybridized carbons (Fsp3) is 0.733. The number of rotatable bonds is 11. The van der Waals surface area contributed by atoms with Crippen molar-refractivity contribution in [2.75, 3.05) is 0 Å². The Bertz CT molecular complexity index is 252. The highest BCUT2D eigenvalue weighted by Gasteiger charge is 2.11. The van der Waals surface area contributed by atoms with E-state index in [1.165, 1.54) is 25.7 Å². The highest BCUT2D eigenvalue weighted by molar-refractivity contribution is 5.78. The van der Waals surface area contributed by atoms with Crippen LogP contribution < -0.4 is 0 Å². The summed E-state index contributed by atoms with van der Waals surface area (Å²) in [5.74, 6) is 0.0639. The van der Waals surface area contributed by atoms with Gasteiger partial charge in [-0.2, -0.15) is 5.26 Å². The number of nitrogens with zero attached hydrogens (tertiary/aromatic N) is 1. The summed E-state index contributed by atoms with van der Waals surface area (Å²) in [5.41, 5.74) is 0. The molecule has 1 unspecified atom stereocenters. The van der Waals surface area contributed by atoms with Gasteiger partial charge in [-0.25, -0.2) is 0 Å². The Balaban J connectivity index is 3.52. The van der Waals surface area contributed by atoms with Gasteiger partial charge in [0, 0.05) is 12.8 Å².